The van der Waals surface area contributed by atoms with Crippen LogP contribution in [0.3, 0.4) is 0 Å². The number of hydrogen-bond acceptors (Lipinski definition) is 2. The maximum absolute atomic E-state index is 6.00. The van der Waals surface area contributed by atoms with Crippen LogP contribution in [0.4, 0.5) is 5.69 Å². The molecule has 2 rings (SSSR count). The summed E-state index contributed by atoms with van der Waals surface area (Å²) >= 11 is 7.78. The Labute approximate surface area is 130 Å². The molecule has 106 valence electrons. The lowest BCUT2D eigenvalue weighted by molar-refractivity contribution is 0.590. The Morgan fingerprint density at radius 3 is 2.30 bits per heavy atom. The van der Waals surface area contributed by atoms with Crippen molar-refractivity contribution in [3.63, 3.8) is 0 Å². The van der Waals surface area contributed by atoms with Gasteiger partial charge in [0.15, 0.2) is 0 Å². The van der Waals surface area contributed by atoms with E-state index in [1.54, 1.807) is 11.8 Å². The Morgan fingerprint density at radius 2 is 1.70 bits per heavy atom. The Kier molecular flexibility index (Phi) is 4.66. The average Bonchev–Trinajstić information content (AvgIpc) is 2.39. The molecular weight excluding hydrogens is 286 g/mol. The summed E-state index contributed by atoms with van der Waals surface area (Å²) in [7, 11) is 0. The summed E-state index contributed by atoms with van der Waals surface area (Å²) in [6.07, 6.45) is 0. The molecule has 0 aliphatic carbocycles. The molecule has 2 aromatic carbocycles. The molecule has 1 nitrogen and oxygen atoms in total. The fourth-order valence-corrected chi connectivity index (χ4v) is 3.01. The standard InChI is InChI=1S/C17H20ClNS/c1-17(2,3)13-4-7-15(8-5-13)20-11-12-10-14(18)6-9-16(12)19/h4-10H,11,19H2,1-3H3. The highest BCUT2D eigenvalue weighted by atomic mass is 35.5. The van der Waals surface area contributed by atoms with Crippen LogP contribution in [0.5, 0.6) is 0 Å². The fraction of sp³-hybridized carbons (Fsp3) is 0.294. The summed E-state index contributed by atoms with van der Waals surface area (Å²) in [5, 5.41) is 0.734. The zero-order chi connectivity index (χ0) is 14.8. The van der Waals surface area contributed by atoms with Gasteiger partial charge in [0.25, 0.3) is 0 Å². The van der Waals surface area contributed by atoms with Gasteiger partial charge in [-0.15, -0.1) is 11.8 Å². The van der Waals surface area contributed by atoms with Crippen molar-refractivity contribution in [2.45, 2.75) is 36.8 Å². The highest BCUT2D eigenvalue weighted by Crippen LogP contribution is 2.29. The van der Waals surface area contributed by atoms with E-state index in [4.69, 9.17) is 17.3 Å². The van der Waals surface area contributed by atoms with Crippen LogP contribution in [0, 0.1) is 0 Å². The quantitative estimate of drug-likeness (QED) is 0.597. The second-order valence-corrected chi connectivity index (χ2v) is 7.39. The maximum Gasteiger partial charge on any atom is 0.0410 e. The number of thioether (sulfide) groups is 1. The summed E-state index contributed by atoms with van der Waals surface area (Å²) in [5.41, 5.74) is 9.39. The number of rotatable bonds is 3. The molecule has 0 unspecified atom stereocenters. The molecule has 0 amide bonds. The minimum absolute atomic E-state index is 0.195. The average molecular weight is 306 g/mol. The molecule has 0 atom stereocenters. The van der Waals surface area contributed by atoms with Gasteiger partial charge in [-0.05, 0) is 46.9 Å². The minimum Gasteiger partial charge on any atom is -0.398 e. The van der Waals surface area contributed by atoms with Crippen molar-refractivity contribution < 1.29 is 0 Å². The zero-order valence-electron chi connectivity index (χ0n) is 12.1. The topological polar surface area (TPSA) is 26.0 Å². The van der Waals surface area contributed by atoms with Gasteiger partial charge < -0.3 is 5.73 Å². The van der Waals surface area contributed by atoms with E-state index in [1.807, 2.05) is 18.2 Å². The van der Waals surface area contributed by atoms with Crippen molar-refractivity contribution in [3.8, 4) is 0 Å². The first-order valence-electron chi connectivity index (χ1n) is 6.63. The number of benzene rings is 2. The van der Waals surface area contributed by atoms with E-state index in [9.17, 15) is 0 Å². The van der Waals surface area contributed by atoms with Crippen LogP contribution in [0.1, 0.15) is 31.9 Å². The van der Waals surface area contributed by atoms with Crippen LogP contribution >= 0.6 is 23.4 Å². The maximum atomic E-state index is 6.00. The molecule has 0 aromatic heterocycles. The summed E-state index contributed by atoms with van der Waals surface area (Å²) in [4.78, 5) is 1.25. The SMILES string of the molecule is CC(C)(C)c1ccc(SCc2cc(Cl)ccc2N)cc1. The van der Waals surface area contributed by atoms with E-state index in [1.165, 1.54) is 10.5 Å². The first-order valence-corrected chi connectivity index (χ1v) is 8.00. The number of nitrogens with two attached hydrogens (primary N) is 1. The second-order valence-electron chi connectivity index (χ2n) is 5.91. The lowest BCUT2D eigenvalue weighted by Gasteiger charge is -2.19. The van der Waals surface area contributed by atoms with Crippen molar-refractivity contribution in [3.05, 3.63) is 58.6 Å². The van der Waals surface area contributed by atoms with E-state index < -0.39 is 0 Å². The van der Waals surface area contributed by atoms with Crippen molar-refractivity contribution >= 4 is 29.1 Å². The number of anilines is 1. The third-order valence-electron chi connectivity index (χ3n) is 3.22. The first kappa shape index (κ1) is 15.3. The van der Waals surface area contributed by atoms with Crippen molar-refractivity contribution in [2.75, 3.05) is 5.73 Å². The Bertz CT molecular complexity index is 585. The number of nitrogen functional groups attached to an aromatic ring is 1. The Morgan fingerprint density at radius 1 is 1.05 bits per heavy atom. The lowest BCUT2D eigenvalue weighted by Crippen LogP contribution is -2.10. The number of hydrogen-bond donors (Lipinski definition) is 1. The van der Waals surface area contributed by atoms with Crippen LogP contribution in [0.25, 0.3) is 0 Å². The molecule has 2 N–H and O–H groups in total. The predicted molar refractivity (Wildman–Crippen MR) is 90.6 cm³/mol. The Hall–Kier alpha value is -1.12. The molecular formula is C17H20ClNS. The molecule has 0 radical (unpaired) electrons. The Balaban J connectivity index is 2.06. The van der Waals surface area contributed by atoms with Crippen molar-refractivity contribution in [1.29, 1.82) is 0 Å². The van der Waals surface area contributed by atoms with Crippen LogP contribution in [-0.4, -0.2) is 0 Å². The molecule has 0 saturated carbocycles. The zero-order valence-corrected chi connectivity index (χ0v) is 13.7. The molecule has 2 aromatic rings. The van der Waals surface area contributed by atoms with Crippen LogP contribution < -0.4 is 5.73 Å². The highest BCUT2D eigenvalue weighted by molar-refractivity contribution is 7.98. The monoisotopic (exact) mass is 305 g/mol. The van der Waals surface area contributed by atoms with Gasteiger partial charge in [-0.2, -0.15) is 0 Å². The van der Waals surface area contributed by atoms with Gasteiger partial charge in [0.1, 0.15) is 0 Å². The fourth-order valence-electron chi connectivity index (χ4n) is 1.91. The van der Waals surface area contributed by atoms with E-state index in [-0.39, 0.29) is 5.41 Å². The van der Waals surface area contributed by atoms with E-state index in [0.717, 1.165) is 22.0 Å². The minimum atomic E-state index is 0.195. The van der Waals surface area contributed by atoms with E-state index >= 15 is 0 Å². The molecule has 0 saturated heterocycles. The molecule has 3 heteroatoms. The summed E-state index contributed by atoms with van der Waals surface area (Å²) in [6, 6.07) is 14.4. The molecule has 0 heterocycles. The molecule has 0 spiro atoms. The van der Waals surface area contributed by atoms with Gasteiger partial charge in [0, 0.05) is 21.4 Å². The van der Waals surface area contributed by atoms with Gasteiger partial charge in [0.2, 0.25) is 0 Å². The van der Waals surface area contributed by atoms with Crippen LogP contribution in [0.15, 0.2) is 47.4 Å². The van der Waals surface area contributed by atoms with Gasteiger partial charge in [0.05, 0.1) is 0 Å². The third kappa shape index (κ3) is 3.94. The molecule has 20 heavy (non-hydrogen) atoms. The second kappa shape index (κ2) is 6.11. The largest absolute Gasteiger partial charge is 0.398 e. The predicted octanol–water partition coefficient (Wildman–Crippen LogP) is 5.51. The van der Waals surface area contributed by atoms with E-state index in [2.05, 4.69) is 45.0 Å². The molecule has 0 aliphatic rings. The van der Waals surface area contributed by atoms with Gasteiger partial charge in [-0.25, -0.2) is 0 Å². The van der Waals surface area contributed by atoms with Crippen LogP contribution in [0.2, 0.25) is 5.02 Å². The normalized spacial score (nSPS) is 11.6. The van der Waals surface area contributed by atoms with Gasteiger partial charge in [-0.3, -0.25) is 0 Å². The van der Waals surface area contributed by atoms with Gasteiger partial charge >= 0.3 is 0 Å². The molecule has 0 fully saturated rings. The molecule has 0 bridgehead atoms. The van der Waals surface area contributed by atoms with Gasteiger partial charge in [-0.1, -0.05) is 44.5 Å². The summed E-state index contributed by atoms with van der Waals surface area (Å²) in [5.74, 6) is 0.835. The van der Waals surface area contributed by atoms with Crippen molar-refractivity contribution in [1.82, 2.24) is 0 Å². The lowest BCUT2D eigenvalue weighted by atomic mass is 9.87. The van der Waals surface area contributed by atoms with Crippen LogP contribution in [-0.2, 0) is 11.2 Å². The first-order chi connectivity index (χ1) is 9.36. The highest BCUT2D eigenvalue weighted by Gasteiger charge is 2.12. The number of halogens is 1. The molecule has 0 aliphatic heterocycles. The third-order valence-corrected chi connectivity index (χ3v) is 4.52. The van der Waals surface area contributed by atoms with Crippen molar-refractivity contribution in [2.24, 2.45) is 0 Å². The summed E-state index contributed by atoms with van der Waals surface area (Å²) in [6.45, 7) is 6.67. The smallest absolute Gasteiger partial charge is 0.0410 e. The van der Waals surface area contributed by atoms with E-state index in [0.29, 0.717) is 0 Å². The summed E-state index contributed by atoms with van der Waals surface area (Å²) < 4.78 is 0.